The monoisotopic (exact) mass is 255 g/mol. The Hall–Kier alpha value is -2.62. The molecule has 3 aromatic rings. The van der Waals surface area contributed by atoms with Crippen LogP contribution in [0.1, 0.15) is 10.4 Å². The van der Waals surface area contributed by atoms with Crippen LogP contribution in [0.5, 0.6) is 5.75 Å². The summed E-state index contributed by atoms with van der Waals surface area (Å²) in [6.07, 6.45) is 1.82. The van der Waals surface area contributed by atoms with E-state index in [9.17, 15) is 9.18 Å². The number of esters is 1. The number of carbonyl (C=O) groups excluding carboxylic acids is 1. The lowest BCUT2D eigenvalue weighted by molar-refractivity contribution is 0.0735. The van der Waals surface area contributed by atoms with Crippen LogP contribution in [0.3, 0.4) is 0 Å². The molecule has 1 aromatic heterocycles. The molecule has 94 valence electrons. The molecule has 0 radical (unpaired) electrons. The minimum absolute atomic E-state index is 0.315. The molecule has 0 amide bonds. The van der Waals surface area contributed by atoms with Crippen molar-refractivity contribution in [2.45, 2.75) is 0 Å². The quantitative estimate of drug-likeness (QED) is 0.562. The van der Waals surface area contributed by atoms with Crippen LogP contribution < -0.4 is 4.74 Å². The van der Waals surface area contributed by atoms with Gasteiger partial charge in [-0.25, -0.2) is 9.18 Å². The van der Waals surface area contributed by atoms with Gasteiger partial charge in [0.25, 0.3) is 0 Å². The summed E-state index contributed by atoms with van der Waals surface area (Å²) in [5.41, 5.74) is 1.29. The number of ether oxygens (including phenoxy) is 1. The number of aromatic amines is 1. The van der Waals surface area contributed by atoms with Crippen LogP contribution in [0.4, 0.5) is 4.39 Å². The van der Waals surface area contributed by atoms with E-state index in [-0.39, 0.29) is 5.82 Å². The summed E-state index contributed by atoms with van der Waals surface area (Å²) in [6.45, 7) is 0. The molecule has 0 saturated heterocycles. The summed E-state index contributed by atoms with van der Waals surface area (Å²) in [4.78, 5) is 14.9. The zero-order valence-electron chi connectivity index (χ0n) is 9.89. The number of H-pyrrole nitrogens is 1. The highest BCUT2D eigenvalue weighted by Gasteiger charge is 2.09. The molecule has 0 saturated carbocycles. The van der Waals surface area contributed by atoms with Gasteiger partial charge in [0.1, 0.15) is 11.6 Å². The molecule has 0 atom stereocenters. The van der Waals surface area contributed by atoms with E-state index in [4.69, 9.17) is 4.74 Å². The SMILES string of the molecule is O=C(Oc1ccc2[nH]ccc2c1)c1ccc(F)cc1. The molecule has 3 nitrogen and oxygen atoms in total. The first-order chi connectivity index (χ1) is 9.22. The van der Waals surface area contributed by atoms with Gasteiger partial charge in [-0.2, -0.15) is 0 Å². The van der Waals surface area contributed by atoms with Gasteiger partial charge < -0.3 is 9.72 Å². The van der Waals surface area contributed by atoms with Crippen LogP contribution in [0.15, 0.2) is 54.7 Å². The van der Waals surface area contributed by atoms with Gasteiger partial charge >= 0.3 is 5.97 Å². The second-order valence-electron chi connectivity index (χ2n) is 4.12. The van der Waals surface area contributed by atoms with Crippen molar-refractivity contribution in [3.63, 3.8) is 0 Å². The predicted octanol–water partition coefficient (Wildman–Crippen LogP) is 3.53. The van der Waals surface area contributed by atoms with Crippen molar-refractivity contribution in [2.75, 3.05) is 0 Å². The Labute approximate surface area is 108 Å². The Morgan fingerprint density at radius 1 is 1.05 bits per heavy atom. The number of aromatic nitrogens is 1. The molecule has 0 spiro atoms. The van der Waals surface area contributed by atoms with Crippen LogP contribution in [0, 0.1) is 5.82 Å². The smallest absolute Gasteiger partial charge is 0.343 e. The van der Waals surface area contributed by atoms with Crippen LogP contribution >= 0.6 is 0 Å². The number of rotatable bonds is 2. The average molecular weight is 255 g/mol. The van der Waals surface area contributed by atoms with E-state index in [1.165, 1.54) is 24.3 Å². The fourth-order valence-corrected chi connectivity index (χ4v) is 1.85. The zero-order valence-corrected chi connectivity index (χ0v) is 9.89. The molecule has 0 aliphatic carbocycles. The lowest BCUT2D eigenvalue weighted by Crippen LogP contribution is -2.08. The topological polar surface area (TPSA) is 42.1 Å². The lowest BCUT2D eigenvalue weighted by atomic mass is 10.2. The first-order valence-electron chi connectivity index (χ1n) is 5.77. The highest BCUT2D eigenvalue weighted by molar-refractivity contribution is 5.91. The van der Waals surface area contributed by atoms with Crippen molar-refractivity contribution in [1.82, 2.24) is 4.98 Å². The van der Waals surface area contributed by atoms with Crippen LogP contribution in [-0.4, -0.2) is 11.0 Å². The molecular formula is C15H10FNO2. The van der Waals surface area contributed by atoms with Crippen molar-refractivity contribution in [2.24, 2.45) is 0 Å². The number of fused-ring (bicyclic) bond motifs is 1. The second kappa shape index (κ2) is 4.57. The van der Waals surface area contributed by atoms with E-state index in [0.29, 0.717) is 11.3 Å². The summed E-state index contributed by atoms with van der Waals surface area (Å²) < 4.78 is 18.0. The Balaban J connectivity index is 1.83. The van der Waals surface area contributed by atoms with Gasteiger partial charge in [0.15, 0.2) is 0 Å². The summed E-state index contributed by atoms with van der Waals surface area (Å²) in [7, 11) is 0. The zero-order chi connectivity index (χ0) is 13.2. The van der Waals surface area contributed by atoms with Gasteiger partial charge in [-0.3, -0.25) is 0 Å². The van der Waals surface area contributed by atoms with Crippen molar-refractivity contribution in [3.8, 4) is 5.75 Å². The molecule has 0 unspecified atom stereocenters. The van der Waals surface area contributed by atoms with Crippen molar-refractivity contribution >= 4 is 16.9 Å². The molecule has 2 aromatic carbocycles. The van der Waals surface area contributed by atoms with E-state index in [1.54, 1.807) is 12.1 Å². The Kier molecular flexibility index (Phi) is 2.76. The fraction of sp³-hybridized carbons (Fsp3) is 0. The van der Waals surface area contributed by atoms with Gasteiger partial charge in [-0.1, -0.05) is 0 Å². The van der Waals surface area contributed by atoms with E-state index >= 15 is 0 Å². The van der Waals surface area contributed by atoms with E-state index in [1.807, 2.05) is 18.3 Å². The Morgan fingerprint density at radius 3 is 2.63 bits per heavy atom. The van der Waals surface area contributed by atoms with Crippen LogP contribution in [0.2, 0.25) is 0 Å². The largest absolute Gasteiger partial charge is 0.423 e. The van der Waals surface area contributed by atoms with Gasteiger partial charge in [0.05, 0.1) is 5.56 Å². The maximum Gasteiger partial charge on any atom is 0.343 e. The van der Waals surface area contributed by atoms with Crippen LogP contribution in [-0.2, 0) is 0 Å². The number of carbonyl (C=O) groups is 1. The number of hydrogen-bond donors (Lipinski definition) is 1. The summed E-state index contributed by atoms with van der Waals surface area (Å²) in [6, 6.07) is 12.5. The molecule has 19 heavy (non-hydrogen) atoms. The van der Waals surface area contributed by atoms with Crippen molar-refractivity contribution in [1.29, 1.82) is 0 Å². The highest BCUT2D eigenvalue weighted by atomic mass is 19.1. The minimum atomic E-state index is -0.505. The summed E-state index contributed by atoms with van der Waals surface area (Å²) in [5.74, 6) is -0.429. The number of halogens is 1. The summed E-state index contributed by atoms with van der Waals surface area (Å²) in [5, 5.41) is 0.962. The predicted molar refractivity (Wildman–Crippen MR) is 69.7 cm³/mol. The first-order valence-corrected chi connectivity index (χ1v) is 5.77. The standard InChI is InChI=1S/C15H10FNO2/c16-12-3-1-10(2-4-12)15(18)19-13-5-6-14-11(9-13)7-8-17-14/h1-9,17H. The van der Waals surface area contributed by atoms with E-state index in [2.05, 4.69) is 4.98 Å². The number of hydrogen-bond acceptors (Lipinski definition) is 2. The lowest BCUT2D eigenvalue weighted by Gasteiger charge is -2.04. The van der Waals surface area contributed by atoms with Gasteiger partial charge in [-0.15, -0.1) is 0 Å². The second-order valence-corrected chi connectivity index (χ2v) is 4.12. The van der Waals surface area contributed by atoms with Crippen molar-refractivity contribution in [3.05, 3.63) is 66.1 Å². The third-order valence-electron chi connectivity index (χ3n) is 2.82. The molecule has 1 N–H and O–H groups in total. The maximum absolute atomic E-state index is 12.8. The van der Waals surface area contributed by atoms with E-state index < -0.39 is 5.97 Å². The molecule has 0 bridgehead atoms. The number of nitrogens with one attached hydrogen (secondary N) is 1. The molecule has 0 aliphatic heterocycles. The summed E-state index contributed by atoms with van der Waals surface area (Å²) >= 11 is 0. The third-order valence-corrected chi connectivity index (χ3v) is 2.82. The Bertz CT molecular complexity index is 731. The highest BCUT2D eigenvalue weighted by Crippen LogP contribution is 2.20. The molecule has 0 aliphatic rings. The maximum atomic E-state index is 12.8. The van der Waals surface area contributed by atoms with Gasteiger partial charge in [0.2, 0.25) is 0 Å². The molecule has 4 heteroatoms. The van der Waals surface area contributed by atoms with Gasteiger partial charge in [-0.05, 0) is 48.5 Å². The van der Waals surface area contributed by atoms with Gasteiger partial charge in [0, 0.05) is 17.1 Å². The fourth-order valence-electron chi connectivity index (χ4n) is 1.85. The van der Waals surface area contributed by atoms with Crippen molar-refractivity contribution < 1.29 is 13.9 Å². The minimum Gasteiger partial charge on any atom is -0.423 e. The Morgan fingerprint density at radius 2 is 1.84 bits per heavy atom. The van der Waals surface area contributed by atoms with Crippen LogP contribution in [0.25, 0.3) is 10.9 Å². The normalized spacial score (nSPS) is 10.6. The third kappa shape index (κ3) is 2.33. The first kappa shape index (κ1) is 11.5. The van der Waals surface area contributed by atoms with E-state index in [0.717, 1.165) is 10.9 Å². The molecule has 0 fully saturated rings. The molecule has 3 rings (SSSR count). The number of benzene rings is 2. The molecule has 1 heterocycles. The average Bonchev–Trinajstić information content (AvgIpc) is 2.87. The molecular weight excluding hydrogens is 245 g/mol.